The van der Waals surface area contributed by atoms with Crippen molar-refractivity contribution in [3.63, 3.8) is 0 Å². The molecule has 14 heavy (non-hydrogen) atoms. The summed E-state index contributed by atoms with van der Waals surface area (Å²) in [4.78, 5) is 2.41. The Morgan fingerprint density at radius 2 is 1.50 bits per heavy atom. The number of nitrogens with zero attached hydrogens (tertiary/aromatic N) is 1. The third-order valence-corrected chi connectivity index (χ3v) is 2.26. The van der Waals surface area contributed by atoms with Gasteiger partial charge in [-0.2, -0.15) is 0 Å². The normalized spacial score (nSPS) is 13.5. The first kappa shape index (κ1) is 13.8. The minimum absolute atomic E-state index is 0.285. The predicted octanol–water partition coefficient (Wildman–Crippen LogP) is -0.277. The van der Waals surface area contributed by atoms with E-state index in [4.69, 9.17) is 17.2 Å². The molecule has 0 rings (SSSR count). The van der Waals surface area contributed by atoms with Crippen molar-refractivity contribution in [2.24, 2.45) is 17.2 Å². The summed E-state index contributed by atoms with van der Waals surface area (Å²) in [6.07, 6.45) is 3.17. The fraction of sp³-hybridized carbons (Fsp3) is 1.00. The third kappa shape index (κ3) is 8.44. The molecule has 1 atom stereocenters. The molecule has 0 amide bonds. The van der Waals surface area contributed by atoms with Crippen LogP contribution in [0.15, 0.2) is 0 Å². The Hall–Kier alpha value is -0.160. The van der Waals surface area contributed by atoms with Gasteiger partial charge in [-0.05, 0) is 58.9 Å². The van der Waals surface area contributed by atoms with Crippen molar-refractivity contribution in [2.45, 2.75) is 32.2 Å². The van der Waals surface area contributed by atoms with Crippen LogP contribution in [0, 0.1) is 0 Å². The van der Waals surface area contributed by atoms with Gasteiger partial charge in [0.2, 0.25) is 0 Å². The van der Waals surface area contributed by atoms with Crippen LogP contribution >= 0.6 is 0 Å². The number of rotatable bonds is 9. The van der Waals surface area contributed by atoms with Crippen molar-refractivity contribution in [3.05, 3.63) is 0 Å². The second kappa shape index (κ2) is 9.40. The predicted molar refractivity (Wildman–Crippen MR) is 62.0 cm³/mol. The summed E-state index contributed by atoms with van der Waals surface area (Å²) in [5.74, 6) is 0. The molecule has 0 radical (unpaired) electrons. The molecule has 4 nitrogen and oxygen atoms in total. The van der Waals surface area contributed by atoms with Gasteiger partial charge < -0.3 is 22.1 Å². The van der Waals surface area contributed by atoms with Crippen molar-refractivity contribution >= 4 is 0 Å². The average Bonchev–Trinajstić information content (AvgIpc) is 2.16. The van der Waals surface area contributed by atoms with E-state index in [9.17, 15) is 0 Å². The lowest BCUT2D eigenvalue weighted by molar-refractivity contribution is 0.261. The molecule has 0 fully saturated rings. The highest BCUT2D eigenvalue weighted by atomic mass is 15.1. The Morgan fingerprint density at radius 1 is 1.00 bits per heavy atom. The Labute approximate surface area is 87.8 Å². The van der Waals surface area contributed by atoms with Gasteiger partial charge in [0.1, 0.15) is 0 Å². The number of hydrogen-bond donors (Lipinski definition) is 3. The Bertz CT molecular complexity index is 109. The van der Waals surface area contributed by atoms with Crippen LogP contribution in [0.3, 0.4) is 0 Å². The first-order valence-corrected chi connectivity index (χ1v) is 5.58. The standard InChI is InChI=1S/C10H26N4/c1-10(13)4-9-14(7-2-5-11)8-3-6-12/h10H,2-9,11-13H2,1H3. The topological polar surface area (TPSA) is 81.3 Å². The van der Waals surface area contributed by atoms with Crippen LogP contribution in [0.4, 0.5) is 0 Å². The molecule has 0 saturated carbocycles. The van der Waals surface area contributed by atoms with Gasteiger partial charge in [0.05, 0.1) is 0 Å². The quantitative estimate of drug-likeness (QED) is 0.480. The molecular formula is C10H26N4. The van der Waals surface area contributed by atoms with Crippen molar-refractivity contribution < 1.29 is 0 Å². The minimum atomic E-state index is 0.285. The van der Waals surface area contributed by atoms with E-state index in [1.54, 1.807) is 0 Å². The summed E-state index contributed by atoms with van der Waals surface area (Å²) < 4.78 is 0. The molecule has 6 N–H and O–H groups in total. The summed E-state index contributed by atoms with van der Waals surface area (Å²) in [6, 6.07) is 0.285. The Morgan fingerprint density at radius 3 is 1.86 bits per heavy atom. The maximum Gasteiger partial charge on any atom is 0.00226 e. The Kier molecular flexibility index (Phi) is 9.29. The molecule has 0 bridgehead atoms. The molecule has 0 aromatic heterocycles. The molecular weight excluding hydrogens is 176 g/mol. The third-order valence-electron chi connectivity index (χ3n) is 2.26. The smallest absolute Gasteiger partial charge is 0.00226 e. The molecule has 0 aliphatic carbocycles. The highest BCUT2D eigenvalue weighted by molar-refractivity contribution is 4.62. The second-order valence-electron chi connectivity index (χ2n) is 3.89. The van der Waals surface area contributed by atoms with Crippen molar-refractivity contribution in [1.82, 2.24) is 4.90 Å². The molecule has 0 spiro atoms. The van der Waals surface area contributed by atoms with E-state index in [0.717, 1.165) is 52.0 Å². The monoisotopic (exact) mass is 202 g/mol. The molecule has 0 aromatic carbocycles. The van der Waals surface area contributed by atoms with Crippen molar-refractivity contribution in [1.29, 1.82) is 0 Å². The van der Waals surface area contributed by atoms with E-state index in [2.05, 4.69) is 4.90 Å². The molecule has 1 unspecified atom stereocenters. The van der Waals surface area contributed by atoms with E-state index < -0.39 is 0 Å². The second-order valence-corrected chi connectivity index (χ2v) is 3.89. The lowest BCUT2D eigenvalue weighted by atomic mass is 10.2. The fourth-order valence-corrected chi connectivity index (χ4v) is 1.35. The van der Waals surface area contributed by atoms with Crippen LogP contribution in [0.25, 0.3) is 0 Å². The van der Waals surface area contributed by atoms with Gasteiger partial charge in [-0.15, -0.1) is 0 Å². The van der Waals surface area contributed by atoms with Gasteiger partial charge in [0.25, 0.3) is 0 Å². The zero-order chi connectivity index (χ0) is 10.8. The lowest BCUT2D eigenvalue weighted by Gasteiger charge is -2.22. The largest absolute Gasteiger partial charge is 0.330 e. The van der Waals surface area contributed by atoms with Gasteiger partial charge in [-0.25, -0.2) is 0 Å². The van der Waals surface area contributed by atoms with Gasteiger partial charge in [0.15, 0.2) is 0 Å². The van der Waals surface area contributed by atoms with E-state index in [0.29, 0.717) is 0 Å². The molecule has 0 aromatic rings. The average molecular weight is 202 g/mol. The molecule has 0 aliphatic rings. The first-order chi connectivity index (χ1) is 6.70. The van der Waals surface area contributed by atoms with Gasteiger partial charge >= 0.3 is 0 Å². The summed E-state index contributed by atoms with van der Waals surface area (Å²) in [5, 5.41) is 0. The van der Waals surface area contributed by atoms with Crippen LogP contribution in [0.2, 0.25) is 0 Å². The summed E-state index contributed by atoms with van der Waals surface area (Å²) in [5.41, 5.74) is 16.7. The fourth-order valence-electron chi connectivity index (χ4n) is 1.35. The molecule has 0 heterocycles. The first-order valence-electron chi connectivity index (χ1n) is 5.58. The van der Waals surface area contributed by atoms with Crippen molar-refractivity contribution in [3.8, 4) is 0 Å². The zero-order valence-corrected chi connectivity index (χ0v) is 9.41. The van der Waals surface area contributed by atoms with E-state index in [1.807, 2.05) is 6.92 Å². The van der Waals surface area contributed by atoms with Gasteiger partial charge in [-0.1, -0.05) is 0 Å². The molecule has 86 valence electrons. The summed E-state index contributed by atoms with van der Waals surface area (Å²) in [6.45, 7) is 6.78. The van der Waals surface area contributed by atoms with E-state index in [-0.39, 0.29) is 6.04 Å². The SMILES string of the molecule is CC(N)CCN(CCCN)CCCN. The van der Waals surface area contributed by atoms with E-state index >= 15 is 0 Å². The van der Waals surface area contributed by atoms with E-state index in [1.165, 1.54) is 0 Å². The van der Waals surface area contributed by atoms with Crippen molar-refractivity contribution in [2.75, 3.05) is 32.7 Å². The van der Waals surface area contributed by atoms with Gasteiger partial charge in [0, 0.05) is 6.04 Å². The van der Waals surface area contributed by atoms with Crippen LogP contribution in [0.5, 0.6) is 0 Å². The maximum absolute atomic E-state index is 5.72. The minimum Gasteiger partial charge on any atom is -0.330 e. The maximum atomic E-state index is 5.72. The number of nitrogens with two attached hydrogens (primary N) is 3. The lowest BCUT2D eigenvalue weighted by Crippen LogP contribution is -2.32. The van der Waals surface area contributed by atoms with Crippen LogP contribution in [0.1, 0.15) is 26.2 Å². The molecule has 0 saturated heterocycles. The molecule has 4 heteroatoms. The number of hydrogen-bond acceptors (Lipinski definition) is 4. The summed E-state index contributed by atoms with van der Waals surface area (Å²) in [7, 11) is 0. The van der Waals surface area contributed by atoms with Crippen LogP contribution in [-0.4, -0.2) is 43.7 Å². The van der Waals surface area contributed by atoms with Crippen LogP contribution in [-0.2, 0) is 0 Å². The van der Waals surface area contributed by atoms with Gasteiger partial charge in [-0.3, -0.25) is 0 Å². The highest BCUT2D eigenvalue weighted by Crippen LogP contribution is 1.97. The Balaban J connectivity index is 3.60. The van der Waals surface area contributed by atoms with Crippen LogP contribution < -0.4 is 17.2 Å². The highest BCUT2D eigenvalue weighted by Gasteiger charge is 2.04. The molecule has 0 aliphatic heterocycles. The zero-order valence-electron chi connectivity index (χ0n) is 9.41. The summed E-state index contributed by atoms with van der Waals surface area (Å²) >= 11 is 0.